The van der Waals surface area contributed by atoms with E-state index < -0.39 is 0 Å². The Kier molecular flexibility index (Phi) is 6.20. The van der Waals surface area contributed by atoms with Gasteiger partial charge in [-0.3, -0.25) is 9.47 Å². The van der Waals surface area contributed by atoms with Gasteiger partial charge in [0.15, 0.2) is 0 Å². The van der Waals surface area contributed by atoms with E-state index >= 15 is 0 Å². The first-order valence-corrected chi connectivity index (χ1v) is 12.0. The van der Waals surface area contributed by atoms with Crippen LogP contribution in [0.1, 0.15) is 56.6 Å². The fraction of sp³-hybridized carbons (Fsp3) is 0.652. The van der Waals surface area contributed by atoms with Crippen LogP contribution in [-0.4, -0.2) is 51.5 Å². The molecule has 1 aromatic heterocycles. The van der Waals surface area contributed by atoms with Gasteiger partial charge < -0.3 is 9.64 Å². The second kappa shape index (κ2) is 9.20. The number of piperidine rings is 2. The third kappa shape index (κ3) is 4.63. The van der Waals surface area contributed by atoms with Gasteiger partial charge >= 0.3 is 0 Å². The second-order valence-electron chi connectivity index (χ2n) is 8.99. The predicted octanol–water partition coefficient (Wildman–Crippen LogP) is 4.38. The van der Waals surface area contributed by atoms with E-state index in [1.54, 1.807) is 0 Å². The van der Waals surface area contributed by atoms with Gasteiger partial charge in [0.2, 0.25) is 10.7 Å². The van der Waals surface area contributed by atoms with Gasteiger partial charge in [-0.1, -0.05) is 30.3 Å². The van der Waals surface area contributed by atoms with Crippen LogP contribution in [0.3, 0.4) is 0 Å². The molecule has 5 rings (SSSR count). The van der Waals surface area contributed by atoms with Crippen LogP contribution in [0.25, 0.3) is 0 Å². The van der Waals surface area contributed by atoms with E-state index in [9.17, 15) is 0 Å². The van der Waals surface area contributed by atoms with E-state index in [2.05, 4.69) is 43.3 Å². The van der Waals surface area contributed by atoms with Crippen molar-refractivity contribution in [1.82, 2.24) is 19.2 Å². The summed E-state index contributed by atoms with van der Waals surface area (Å²) in [6.45, 7) is 5.81. The van der Waals surface area contributed by atoms with E-state index in [1.807, 2.05) is 6.07 Å². The Morgan fingerprint density at radius 1 is 0.933 bits per heavy atom. The Balaban J connectivity index is 1.19. The molecule has 30 heavy (non-hydrogen) atoms. The summed E-state index contributed by atoms with van der Waals surface area (Å²) in [4.78, 5) is 4.93. The Hall–Kier alpha value is -1.70. The summed E-state index contributed by atoms with van der Waals surface area (Å²) in [6.07, 6.45) is 8.84. The molecule has 3 fully saturated rings. The van der Waals surface area contributed by atoms with E-state index in [4.69, 9.17) is 22.1 Å². The molecular formula is C23H33N5OS. The third-order valence-electron chi connectivity index (χ3n) is 6.60. The van der Waals surface area contributed by atoms with E-state index in [0.29, 0.717) is 18.8 Å². The first-order valence-electron chi connectivity index (χ1n) is 11.6. The molecule has 1 saturated carbocycles. The lowest BCUT2D eigenvalue weighted by molar-refractivity contribution is -0.00919. The smallest absolute Gasteiger partial charge is 0.226 e. The van der Waals surface area contributed by atoms with Crippen LogP contribution in [0, 0.1) is 4.77 Å². The van der Waals surface area contributed by atoms with E-state index in [1.165, 1.54) is 37.7 Å². The fourth-order valence-corrected chi connectivity index (χ4v) is 4.99. The minimum absolute atomic E-state index is 0.349. The van der Waals surface area contributed by atoms with Crippen LogP contribution in [0.15, 0.2) is 30.3 Å². The van der Waals surface area contributed by atoms with Crippen molar-refractivity contribution in [2.75, 3.05) is 31.1 Å². The average molecular weight is 428 g/mol. The molecule has 1 aromatic carbocycles. The van der Waals surface area contributed by atoms with Crippen LogP contribution < -0.4 is 4.90 Å². The van der Waals surface area contributed by atoms with Gasteiger partial charge in [0.05, 0.1) is 19.4 Å². The van der Waals surface area contributed by atoms with Gasteiger partial charge in [-0.05, 0) is 62.7 Å². The van der Waals surface area contributed by atoms with E-state index in [0.717, 1.165) is 56.4 Å². The zero-order valence-corrected chi connectivity index (χ0v) is 18.6. The molecule has 3 aliphatic rings. The molecule has 6 nitrogen and oxygen atoms in total. The molecule has 0 amide bonds. The first-order chi connectivity index (χ1) is 14.8. The number of anilines is 1. The lowest BCUT2D eigenvalue weighted by Gasteiger charge is -2.31. The molecule has 0 bridgehead atoms. The quantitative estimate of drug-likeness (QED) is 0.613. The maximum absolute atomic E-state index is 6.15. The number of hydrogen-bond donors (Lipinski definition) is 0. The number of benzene rings is 1. The van der Waals surface area contributed by atoms with Gasteiger partial charge in [-0.2, -0.15) is 0 Å². The zero-order chi connectivity index (χ0) is 20.3. The normalized spacial score (nSPS) is 21.3. The molecule has 0 spiro atoms. The van der Waals surface area contributed by atoms with Crippen molar-refractivity contribution >= 4 is 18.2 Å². The van der Waals surface area contributed by atoms with Gasteiger partial charge in [-0.15, -0.1) is 5.10 Å². The van der Waals surface area contributed by atoms with Gasteiger partial charge in [0.1, 0.15) is 0 Å². The molecule has 0 unspecified atom stereocenters. The summed E-state index contributed by atoms with van der Waals surface area (Å²) in [6, 6.07) is 11.0. The summed E-state index contributed by atoms with van der Waals surface area (Å²) < 4.78 is 11.5. The monoisotopic (exact) mass is 427 g/mol. The van der Waals surface area contributed by atoms with Crippen molar-refractivity contribution < 1.29 is 4.74 Å². The van der Waals surface area contributed by atoms with Crippen LogP contribution >= 0.6 is 12.2 Å². The Labute approximate surface area is 184 Å². The van der Waals surface area contributed by atoms with Gasteiger partial charge in [0.25, 0.3) is 0 Å². The highest BCUT2D eigenvalue weighted by atomic mass is 32.1. The summed E-state index contributed by atoms with van der Waals surface area (Å²) in [5, 5.41) is 5.01. The van der Waals surface area contributed by atoms with Crippen LogP contribution in [0.4, 0.5) is 5.95 Å². The molecule has 2 aliphatic heterocycles. The standard InChI is InChI=1S/C23H33N5OS/c30-23-27(24-22(28(23)20-9-10-20)26-13-5-2-6-14-26)18-25-15-11-21(12-16-25)29-17-19-7-3-1-4-8-19/h1,3-4,7-8,20-21H,2,5-6,9-18H2. The predicted molar refractivity (Wildman–Crippen MR) is 121 cm³/mol. The molecule has 162 valence electrons. The number of rotatable bonds is 7. The topological polar surface area (TPSA) is 38.5 Å². The van der Waals surface area contributed by atoms with Crippen molar-refractivity contribution in [3.8, 4) is 0 Å². The second-order valence-corrected chi connectivity index (χ2v) is 9.35. The Bertz CT molecular complexity index is 877. The van der Waals surface area contributed by atoms with Crippen molar-refractivity contribution in [1.29, 1.82) is 0 Å². The molecular weight excluding hydrogens is 394 g/mol. The number of aromatic nitrogens is 3. The highest BCUT2D eigenvalue weighted by Gasteiger charge is 2.31. The van der Waals surface area contributed by atoms with Crippen molar-refractivity contribution in [2.45, 2.75) is 70.4 Å². The van der Waals surface area contributed by atoms with Crippen LogP contribution in [0.2, 0.25) is 0 Å². The lowest BCUT2D eigenvalue weighted by Crippen LogP contribution is -2.38. The third-order valence-corrected chi connectivity index (χ3v) is 7.01. The molecule has 7 heteroatoms. The molecule has 3 heterocycles. The fourth-order valence-electron chi connectivity index (χ4n) is 4.66. The highest BCUT2D eigenvalue weighted by Crippen LogP contribution is 2.38. The number of ether oxygens (including phenoxy) is 1. The molecule has 0 radical (unpaired) electrons. The first kappa shape index (κ1) is 20.2. The number of hydrogen-bond acceptors (Lipinski definition) is 5. The number of nitrogens with zero attached hydrogens (tertiary/aromatic N) is 5. The summed E-state index contributed by atoms with van der Waals surface area (Å²) in [5.74, 6) is 1.11. The Morgan fingerprint density at radius 3 is 2.37 bits per heavy atom. The Morgan fingerprint density at radius 2 is 1.67 bits per heavy atom. The van der Waals surface area contributed by atoms with Gasteiger partial charge in [0, 0.05) is 32.2 Å². The summed E-state index contributed by atoms with van der Waals surface area (Å²) in [7, 11) is 0. The highest BCUT2D eigenvalue weighted by molar-refractivity contribution is 7.71. The summed E-state index contributed by atoms with van der Waals surface area (Å²) in [5.41, 5.74) is 1.25. The maximum Gasteiger partial charge on any atom is 0.226 e. The summed E-state index contributed by atoms with van der Waals surface area (Å²) >= 11 is 5.87. The molecule has 1 aliphatic carbocycles. The molecule has 2 saturated heterocycles. The van der Waals surface area contributed by atoms with E-state index in [-0.39, 0.29) is 0 Å². The van der Waals surface area contributed by atoms with Crippen molar-refractivity contribution in [2.24, 2.45) is 0 Å². The molecule has 0 atom stereocenters. The minimum Gasteiger partial charge on any atom is -0.373 e. The number of likely N-dealkylation sites (tertiary alicyclic amines) is 1. The molecule has 0 N–H and O–H groups in total. The van der Waals surface area contributed by atoms with Gasteiger partial charge in [-0.25, -0.2) is 4.68 Å². The SMILES string of the molecule is S=c1n(CN2CCC(OCc3ccccc3)CC2)nc(N2CCCCC2)n1C1CC1. The zero-order valence-electron chi connectivity index (χ0n) is 17.8. The van der Waals surface area contributed by atoms with Crippen LogP contribution in [-0.2, 0) is 18.0 Å². The maximum atomic E-state index is 6.15. The van der Waals surface area contributed by atoms with Crippen molar-refractivity contribution in [3.63, 3.8) is 0 Å². The van der Waals surface area contributed by atoms with Crippen LogP contribution in [0.5, 0.6) is 0 Å². The van der Waals surface area contributed by atoms with Crippen molar-refractivity contribution in [3.05, 3.63) is 40.7 Å². The lowest BCUT2D eigenvalue weighted by atomic mass is 10.1. The molecule has 2 aromatic rings. The average Bonchev–Trinajstić information content (AvgIpc) is 3.59. The minimum atomic E-state index is 0.349. The largest absolute Gasteiger partial charge is 0.373 e.